The Bertz CT molecular complexity index is 713. The summed E-state index contributed by atoms with van der Waals surface area (Å²) in [6, 6.07) is 9.91. The third kappa shape index (κ3) is 4.82. The second-order valence-electron chi connectivity index (χ2n) is 4.71. The molecule has 0 heterocycles. The molecule has 2 aromatic carbocycles. The third-order valence-corrected chi connectivity index (χ3v) is 3.96. The number of anilines is 1. The SMILES string of the molecule is Cc1ccc(S(=O)NC(=O)Nc2ccc(C(F)(F)F)cc2)cc1. The molecule has 1 unspecified atom stereocenters. The summed E-state index contributed by atoms with van der Waals surface area (Å²) in [5.41, 5.74) is 0.336. The van der Waals surface area contributed by atoms with Crippen molar-refractivity contribution >= 4 is 22.7 Å². The summed E-state index contributed by atoms with van der Waals surface area (Å²) >= 11 is 0. The normalized spacial score (nSPS) is 12.5. The molecule has 1 atom stereocenters. The Hall–Kier alpha value is -2.35. The highest BCUT2D eigenvalue weighted by molar-refractivity contribution is 7.83. The smallest absolute Gasteiger partial charge is 0.307 e. The lowest BCUT2D eigenvalue weighted by Crippen LogP contribution is -2.30. The van der Waals surface area contributed by atoms with Crippen molar-refractivity contribution in [2.75, 3.05) is 5.32 Å². The number of alkyl halides is 3. The number of rotatable bonds is 3. The van der Waals surface area contributed by atoms with Crippen LogP contribution >= 0.6 is 0 Å². The van der Waals surface area contributed by atoms with Crippen molar-refractivity contribution in [1.29, 1.82) is 0 Å². The molecule has 2 amide bonds. The first kappa shape index (κ1) is 17.0. The Morgan fingerprint density at radius 1 is 1.00 bits per heavy atom. The molecule has 0 saturated heterocycles. The molecule has 4 nitrogen and oxygen atoms in total. The van der Waals surface area contributed by atoms with E-state index >= 15 is 0 Å². The molecule has 0 fully saturated rings. The lowest BCUT2D eigenvalue weighted by molar-refractivity contribution is -0.137. The van der Waals surface area contributed by atoms with Gasteiger partial charge in [-0.1, -0.05) is 17.7 Å². The molecule has 2 N–H and O–H groups in total. The predicted octanol–water partition coefficient (Wildman–Crippen LogP) is 3.86. The highest BCUT2D eigenvalue weighted by Gasteiger charge is 2.29. The molecular weight excluding hydrogens is 329 g/mol. The summed E-state index contributed by atoms with van der Waals surface area (Å²) in [6.07, 6.45) is -4.44. The second-order valence-corrected chi connectivity index (χ2v) is 5.93. The first-order chi connectivity index (χ1) is 10.8. The minimum absolute atomic E-state index is 0.163. The van der Waals surface area contributed by atoms with Crippen LogP contribution in [0.15, 0.2) is 53.4 Å². The van der Waals surface area contributed by atoms with Gasteiger partial charge in [-0.3, -0.25) is 4.72 Å². The van der Waals surface area contributed by atoms with Crippen molar-refractivity contribution < 1.29 is 22.2 Å². The highest BCUT2D eigenvalue weighted by Crippen LogP contribution is 2.29. The monoisotopic (exact) mass is 342 g/mol. The number of aryl methyl sites for hydroxylation is 1. The van der Waals surface area contributed by atoms with E-state index in [2.05, 4.69) is 10.0 Å². The van der Waals surface area contributed by atoms with E-state index in [0.717, 1.165) is 29.8 Å². The molecule has 0 bridgehead atoms. The average molecular weight is 342 g/mol. The molecule has 0 saturated carbocycles. The van der Waals surface area contributed by atoms with E-state index < -0.39 is 28.8 Å². The molecule has 2 aromatic rings. The number of hydrogen-bond donors (Lipinski definition) is 2. The molecule has 0 aliphatic rings. The minimum Gasteiger partial charge on any atom is -0.307 e. The number of halogens is 3. The molecule has 0 spiro atoms. The van der Waals surface area contributed by atoms with Gasteiger partial charge in [-0.05, 0) is 43.3 Å². The van der Waals surface area contributed by atoms with E-state index in [1.807, 2.05) is 6.92 Å². The van der Waals surface area contributed by atoms with Gasteiger partial charge in [-0.25, -0.2) is 9.00 Å². The van der Waals surface area contributed by atoms with Gasteiger partial charge in [0.2, 0.25) is 0 Å². The number of urea groups is 1. The van der Waals surface area contributed by atoms with Gasteiger partial charge in [-0.2, -0.15) is 13.2 Å². The Morgan fingerprint density at radius 3 is 2.09 bits per heavy atom. The van der Waals surface area contributed by atoms with Crippen LogP contribution < -0.4 is 10.0 Å². The Balaban J connectivity index is 1.96. The van der Waals surface area contributed by atoms with Gasteiger partial charge >= 0.3 is 12.2 Å². The Morgan fingerprint density at radius 2 is 1.57 bits per heavy atom. The summed E-state index contributed by atoms with van der Waals surface area (Å²) in [5, 5.41) is 2.32. The van der Waals surface area contributed by atoms with Gasteiger partial charge in [0.1, 0.15) is 0 Å². The summed E-state index contributed by atoms with van der Waals surface area (Å²) < 4.78 is 51.4. The maximum absolute atomic E-state index is 12.4. The van der Waals surface area contributed by atoms with E-state index in [0.29, 0.717) is 4.90 Å². The van der Waals surface area contributed by atoms with Crippen LogP contribution in [0.25, 0.3) is 0 Å². The van der Waals surface area contributed by atoms with Gasteiger partial charge in [-0.15, -0.1) is 0 Å². The van der Waals surface area contributed by atoms with E-state index in [4.69, 9.17) is 0 Å². The van der Waals surface area contributed by atoms with Crippen LogP contribution in [0.1, 0.15) is 11.1 Å². The van der Waals surface area contributed by atoms with Crippen LogP contribution in [0, 0.1) is 6.92 Å². The van der Waals surface area contributed by atoms with Crippen molar-refractivity contribution in [2.24, 2.45) is 0 Å². The average Bonchev–Trinajstić information content (AvgIpc) is 2.47. The molecule has 23 heavy (non-hydrogen) atoms. The second kappa shape index (κ2) is 6.82. The van der Waals surface area contributed by atoms with Crippen LogP contribution in [0.3, 0.4) is 0 Å². The third-order valence-electron chi connectivity index (χ3n) is 2.89. The predicted molar refractivity (Wildman–Crippen MR) is 81.2 cm³/mol. The van der Waals surface area contributed by atoms with Crippen LogP contribution in [0.2, 0.25) is 0 Å². The lowest BCUT2D eigenvalue weighted by Gasteiger charge is -2.09. The standard InChI is InChI=1S/C15H13F3N2O2S/c1-10-2-8-13(9-3-10)23(22)20-14(21)19-12-6-4-11(5-7-12)15(16,17)18/h2-9H,1H3,(H2,19,20,21). The lowest BCUT2D eigenvalue weighted by atomic mass is 10.2. The molecule has 8 heteroatoms. The zero-order chi connectivity index (χ0) is 17.0. The fourth-order valence-electron chi connectivity index (χ4n) is 1.70. The van der Waals surface area contributed by atoms with Gasteiger partial charge in [0.15, 0.2) is 11.0 Å². The van der Waals surface area contributed by atoms with Gasteiger partial charge in [0.05, 0.1) is 10.5 Å². The van der Waals surface area contributed by atoms with Crippen LogP contribution in [0.4, 0.5) is 23.7 Å². The number of hydrogen-bond acceptors (Lipinski definition) is 2. The van der Waals surface area contributed by atoms with Crippen molar-refractivity contribution in [1.82, 2.24) is 4.72 Å². The van der Waals surface area contributed by atoms with Gasteiger partial charge in [0.25, 0.3) is 0 Å². The number of amides is 2. The minimum atomic E-state index is -4.44. The summed E-state index contributed by atoms with van der Waals surface area (Å²) in [4.78, 5) is 12.1. The molecule has 122 valence electrons. The number of carbonyl (C=O) groups excluding carboxylic acids is 1. The van der Waals surface area contributed by atoms with E-state index in [1.165, 1.54) is 0 Å². The maximum Gasteiger partial charge on any atom is 0.416 e. The molecule has 0 aliphatic carbocycles. The first-order valence-corrected chi connectivity index (χ1v) is 7.64. The van der Waals surface area contributed by atoms with Crippen LogP contribution in [0.5, 0.6) is 0 Å². The Kier molecular flexibility index (Phi) is 5.05. The van der Waals surface area contributed by atoms with Crippen LogP contribution in [-0.4, -0.2) is 10.2 Å². The topological polar surface area (TPSA) is 58.2 Å². The van der Waals surface area contributed by atoms with Crippen LogP contribution in [-0.2, 0) is 17.2 Å². The Labute approximate surface area is 133 Å². The van der Waals surface area contributed by atoms with Gasteiger partial charge in [0, 0.05) is 5.69 Å². The van der Waals surface area contributed by atoms with Gasteiger partial charge < -0.3 is 5.32 Å². The quantitative estimate of drug-likeness (QED) is 0.890. The maximum atomic E-state index is 12.4. The molecule has 2 rings (SSSR count). The highest BCUT2D eigenvalue weighted by atomic mass is 32.2. The molecule has 0 radical (unpaired) electrons. The summed E-state index contributed by atoms with van der Waals surface area (Å²) in [5.74, 6) is 0. The zero-order valence-electron chi connectivity index (χ0n) is 12.0. The fourth-order valence-corrected chi connectivity index (χ4v) is 2.42. The van der Waals surface area contributed by atoms with Crippen molar-refractivity contribution in [3.8, 4) is 0 Å². The molecule has 0 aromatic heterocycles. The van der Waals surface area contributed by atoms with E-state index in [1.54, 1.807) is 24.3 Å². The first-order valence-electron chi connectivity index (χ1n) is 6.49. The molecule has 0 aliphatic heterocycles. The molecular formula is C15H13F3N2O2S. The van der Waals surface area contributed by atoms with Crippen molar-refractivity contribution in [3.63, 3.8) is 0 Å². The fraction of sp³-hybridized carbons (Fsp3) is 0.133. The largest absolute Gasteiger partial charge is 0.416 e. The van der Waals surface area contributed by atoms with E-state index in [9.17, 15) is 22.2 Å². The van der Waals surface area contributed by atoms with E-state index in [-0.39, 0.29) is 5.69 Å². The van der Waals surface area contributed by atoms with Crippen molar-refractivity contribution in [3.05, 3.63) is 59.7 Å². The summed E-state index contributed by atoms with van der Waals surface area (Å²) in [7, 11) is -1.76. The van der Waals surface area contributed by atoms with Crippen molar-refractivity contribution in [2.45, 2.75) is 18.0 Å². The summed E-state index contributed by atoms with van der Waals surface area (Å²) in [6.45, 7) is 1.87. The zero-order valence-corrected chi connectivity index (χ0v) is 12.8. The number of carbonyl (C=O) groups is 1. The number of nitrogens with one attached hydrogen (secondary N) is 2. The number of benzene rings is 2.